The maximum Gasteiger partial charge on any atom is 0.294 e. The zero-order chi connectivity index (χ0) is 18.1. The van der Waals surface area contributed by atoms with Gasteiger partial charge in [-0.2, -0.15) is 8.42 Å². The van der Waals surface area contributed by atoms with Crippen LogP contribution in [0.5, 0.6) is 5.75 Å². The fraction of sp³-hybridized carbons (Fsp3) is 0.286. The number of sulfonamides is 1. The molecule has 0 aliphatic carbocycles. The second kappa shape index (κ2) is 6.75. The smallest absolute Gasteiger partial charge is 0.294 e. The molecule has 0 aliphatic heterocycles. The molecule has 0 fully saturated rings. The number of alkyl halides is 1. The SMILES string of the molecule is CCN(c1ccc2cc(S(=O)(=O)O)cc(O)c2c1)S(=O)(=O)CCCl. The van der Waals surface area contributed by atoms with Crippen molar-refractivity contribution in [2.24, 2.45) is 0 Å². The summed E-state index contributed by atoms with van der Waals surface area (Å²) in [4.78, 5) is -0.442. The Hall–Kier alpha value is -1.55. The molecular weight excluding hydrogens is 378 g/mol. The lowest BCUT2D eigenvalue weighted by atomic mass is 10.1. The normalized spacial score (nSPS) is 12.5. The molecule has 10 heteroatoms. The summed E-state index contributed by atoms with van der Waals surface area (Å²) in [6.07, 6.45) is 0. The number of rotatable bonds is 6. The lowest BCUT2D eigenvalue weighted by Gasteiger charge is -2.23. The second-order valence-corrected chi connectivity index (χ2v) is 8.81. The van der Waals surface area contributed by atoms with E-state index in [1.54, 1.807) is 6.92 Å². The van der Waals surface area contributed by atoms with E-state index in [0.717, 1.165) is 10.4 Å². The van der Waals surface area contributed by atoms with E-state index in [0.29, 0.717) is 11.1 Å². The van der Waals surface area contributed by atoms with Crippen LogP contribution in [0, 0.1) is 0 Å². The molecule has 0 aliphatic rings. The van der Waals surface area contributed by atoms with Crippen LogP contribution in [0.3, 0.4) is 0 Å². The summed E-state index contributed by atoms with van der Waals surface area (Å²) in [6, 6.07) is 6.50. The minimum atomic E-state index is -4.46. The van der Waals surface area contributed by atoms with Crippen molar-refractivity contribution < 1.29 is 26.5 Å². The first-order valence-corrected chi connectivity index (χ1v) is 10.5. The van der Waals surface area contributed by atoms with Crippen molar-refractivity contribution in [2.75, 3.05) is 22.5 Å². The maximum atomic E-state index is 12.2. The van der Waals surface area contributed by atoms with Gasteiger partial charge < -0.3 is 5.11 Å². The Morgan fingerprint density at radius 1 is 1.12 bits per heavy atom. The van der Waals surface area contributed by atoms with E-state index in [-0.39, 0.29) is 29.3 Å². The number of hydrogen-bond acceptors (Lipinski definition) is 5. The Kier molecular flexibility index (Phi) is 5.28. The van der Waals surface area contributed by atoms with Gasteiger partial charge in [0.15, 0.2) is 0 Å². The van der Waals surface area contributed by atoms with Gasteiger partial charge in [0, 0.05) is 23.9 Å². The van der Waals surface area contributed by atoms with Gasteiger partial charge in [0.25, 0.3) is 10.1 Å². The van der Waals surface area contributed by atoms with Crippen LogP contribution in [0.4, 0.5) is 5.69 Å². The Labute approximate surface area is 145 Å². The lowest BCUT2D eigenvalue weighted by Crippen LogP contribution is -2.33. The highest BCUT2D eigenvalue weighted by molar-refractivity contribution is 7.92. The van der Waals surface area contributed by atoms with Crippen molar-refractivity contribution in [1.29, 1.82) is 0 Å². The van der Waals surface area contributed by atoms with Crippen molar-refractivity contribution in [3.05, 3.63) is 30.3 Å². The predicted molar refractivity (Wildman–Crippen MR) is 93.0 cm³/mol. The van der Waals surface area contributed by atoms with E-state index < -0.39 is 25.0 Å². The van der Waals surface area contributed by atoms with Crippen LogP contribution < -0.4 is 4.31 Å². The highest BCUT2D eigenvalue weighted by Crippen LogP contribution is 2.32. The molecular formula is C14H16ClNO6S2. The van der Waals surface area contributed by atoms with Gasteiger partial charge in [-0.25, -0.2) is 8.42 Å². The van der Waals surface area contributed by atoms with E-state index in [2.05, 4.69) is 0 Å². The molecule has 2 aromatic carbocycles. The number of phenols is 1. The van der Waals surface area contributed by atoms with Crippen molar-refractivity contribution in [2.45, 2.75) is 11.8 Å². The van der Waals surface area contributed by atoms with E-state index in [9.17, 15) is 21.9 Å². The first-order valence-electron chi connectivity index (χ1n) is 6.91. The minimum Gasteiger partial charge on any atom is -0.507 e. The van der Waals surface area contributed by atoms with Crippen molar-refractivity contribution in [1.82, 2.24) is 0 Å². The molecule has 2 aromatic rings. The predicted octanol–water partition coefficient (Wildman–Crippen LogP) is 2.19. The molecule has 7 nitrogen and oxygen atoms in total. The highest BCUT2D eigenvalue weighted by Gasteiger charge is 2.21. The fourth-order valence-corrected chi connectivity index (χ4v) is 4.72. The number of phenolic OH excluding ortho intramolecular Hbond substituents is 1. The summed E-state index contributed by atoms with van der Waals surface area (Å²) in [5, 5.41) is 10.6. The molecule has 0 atom stereocenters. The summed E-state index contributed by atoms with van der Waals surface area (Å²) in [6.45, 7) is 1.84. The number of anilines is 1. The standard InChI is InChI=1S/C14H16ClNO6S2/c1-2-16(23(18,19)6-5-15)11-4-3-10-7-12(24(20,21)22)9-14(17)13(10)8-11/h3-4,7-9,17H,2,5-6H2,1H3,(H,20,21,22). The van der Waals surface area contributed by atoms with Crippen LogP contribution in [-0.2, 0) is 20.1 Å². The van der Waals surface area contributed by atoms with Crippen LogP contribution in [0.1, 0.15) is 6.92 Å². The van der Waals surface area contributed by atoms with Gasteiger partial charge >= 0.3 is 0 Å². The number of benzene rings is 2. The van der Waals surface area contributed by atoms with Gasteiger partial charge in [0.2, 0.25) is 10.0 Å². The third kappa shape index (κ3) is 3.75. The molecule has 0 saturated carbocycles. The van der Waals surface area contributed by atoms with E-state index in [1.807, 2.05) is 0 Å². The van der Waals surface area contributed by atoms with Crippen LogP contribution in [0.2, 0.25) is 0 Å². The van der Waals surface area contributed by atoms with Gasteiger partial charge in [-0.05, 0) is 30.5 Å². The van der Waals surface area contributed by atoms with Crippen molar-refractivity contribution >= 4 is 48.2 Å². The average Bonchev–Trinajstić information content (AvgIpc) is 2.47. The zero-order valence-corrected chi connectivity index (χ0v) is 15.1. The van der Waals surface area contributed by atoms with Gasteiger partial charge in [0.05, 0.1) is 16.3 Å². The molecule has 0 amide bonds. The molecule has 132 valence electrons. The molecule has 0 bridgehead atoms. The Morgan fingerprint density at radius 3 is 2.33 bits per heavy atom. The number of hydrogen-bond donors (Lipinski definition) is 2. The molecule has 0 heterocycles. The maximum absolute atomic E-state index is 12.2. The summed E-state index contributed by atoms with van der Waals surface area (Å²) in [7, 11) is -8.06. The average molecular weight is 394 g/mol. The molecule has 2 rings (SSSR count). The van der Waals surface area contributed by atoms with Gasteiger partial charge in [0.1, 0.15) is 5.75 Å². The molecule has 0 radical (unpaired) electrons. The highest BCUT2D eigenvalue weighted by atomic mass is 35.5. The summed E-state index contributed by atoms with van der Waals surface area (Å²) in [5.41, 5.74) is 0.324. The van der Waals surface area contributed by atoms with Gasteiger partial charge in [-0.3, -0.25) is 8.86 Å². The van der Waals surface area contributed by atoms with Gasteiger partial charge in [-0.15, -0.1) is 11.6 Å². The van der Waals surface area contributed by atoms with E-state index >= 15 is 0 Å². The largest absolute Gasteiger partial charge is 0.507 e. The number of aromatic hydroxyl groups is 1. The summed E-state index contributed by atoms with van der Waals surface area (Å²) >= 11 is 5.53. The number of fused-ring (bicyclic) bond motifs is 1. The number of nitrogens with zero attached hydrogens (tertiary/aromatic N) is 1. The van der Waals surface area contributed by atoms with E-state index in [1.165, 1.54) is 24.3 Å². The molecule has 0 aromatic heterocycles. The van der Waals surface area contributed by atoms with E-state index in [4.69, 9.17) is 16.2 Å². The molecule has 0 unspecified atom stereocenters. The van der Waals surface area contributed by atoms with Crippen LogP contribution in [-0.4, -0.2) is 44.7 Å². The second-order valence-electron chi connectivity index (χ2n) is 4.99. The number of halogens is 1. The lowest BCUT2D eigenvalue weighted by molar-refractivity contribution is 0.471. The monoisotopic (exact) mass is 393 g/mol. The Morgan fingerprint density at radius 2 is 1.79 bits per heavy atom. The summed E-state index contributed by atoms with van der Waals surface area (Å²) < 4.78 is 57.1. The first kappa shape index (κ1) is 18.8. The third-order valence-electron chi connectivity index (χ3n) is 3.43. The Bertz CT molecular complexity index is 972. The molecule has 24 heavy (non-hydrogen) atoms. The van der Waals surface area contributed by atoms with Crippen LogP contribution in [0.25, 0.3) is 10.8 Å². The van der Waals surface area contributed by atoms with Crippen molar-refractivity contribution in [3.8, 4) is 5.75 Å². The molecule has 0 spiro atoms. The van der Waals surface area contributed by atoms with Crippen LogP contribution in [0.15, 0.2) is 35.2 Å². The molecule has 2 N–H and O–H groups in total. The summed E-state index contributed by atoms with van der Waals surface area (Å²) in [5.74, 6) is -0.656. The topological polar surface area (TPSA) is 112 Å². The molecule has 0 saturated heterocycles. The fourth-order valence-electron chi connectivity index (χ4n) is 2.35. The first-order chi connectivity index (χ1) is 11.1. The van der Waals surface area contributed by atoms with Gasteiger partial charge in [-0.1, -0.05) is 6.07 Å². The third-order valence-corrected chi connectivity index (χ3v) is 6.54. The van der Waals surface area contributed by atoms with Crippen LogP contribution >= 0.6 is 11.6 Å². The van der Waals surface area contributed by atoms with Crippen molar-refractivity contribution in [3.63, 3.8) is 0 Å². The minimum absolute atomic E-state index is 0.0462. The zero-order valence-electron chi connectivity index (χ0n) is 12.7. The Balaban J connectivity index is 2.62. The quantitative estimate of drug-likeness (QED) is 0.574.